The Bertz CT molecular complexity index is 944. The van der Waals surface area contributed by atoms with Crippen molar-refractivity contribution in [2.24, 2.45) is 0 Å². The van der Waals surface area contributed by atoms with Crippen LogP contribution in [0.4, 0.5) is 8.78 Å². The van der Waals surface area contributed by atoms with Crippen LogP contribution in [0.15, 0.2) is 42.7 Å². The molecule has 134 valence electrons. The van der Waals surface area contributed by atoms with Gasteiger partial charge in [-0.2, -0.15) is 0 Å². The topological polar surface area (TPSA) is 47.4 Å². The van der Waals surface area contributed by atoms with Gasteiger partial charge in [-0.15, -0.1) is 0 Å². The van der Waals surface area contributed by atoms with Crippen molar-refractivity contribution >= 4 is 16.9 Å². The van der Waals surface area contributed by atoms with Gasteiger partial charge in [0.25, 0.3) is 0 Å². The van der Waals surface area contributed by atoms with Crippen LogP contribution in [0.5, 0.6) is 0 Å². The van der Waals surface area contributed by atoms with E-state index in [9.17, 15) is 13.6 Å². The summed E-state index contributed by atoms with van der Waals surface area (Å²) < 4.78 is 34.1. The van der Waals surface area contributed by atoms with Crippen LogP contribution in [0.3, 0.4) is 0 Å². The summed E-state index contributed by atoms with van der Waals surface area (Å²) >= 11 is 0. The van der Waals surface area contributed by atoms with Crippen molar-refractivity contribution in [1.82, 2.24) is 14.5 Å². The van der Waals surface area contributed by atoms with Crippen LogP contribution < -0.4 is 0 Å². The molecule has 1 fully saturated rings. The molecule has 0 bridgehead atoms. The molecule has 0 aliphatic carbocycles. The van der Waals surface area contributed by atoms with Gasteiger partial charge in [0.1, 0.15) is 18.2 Å². The predicted octanol–water partition coefficient (Wildman–Crippen LogP) is 2.84. The van der Waals surface area contributed by atoms with Crippen molar-refractivity contribution in [1.29, 1.82) is 0 Å². The highest BCUT2D eigenvalue weighted by Gasteiger charge is 2.18. The zero-order valence-corrected chi connectivity index (χ0v) is 14.0. The second-order valence-corrected chi connectivity index (χ2v) is 6.22. The van der Waals surface area contributed by atoms with E-state index in [2.05, 4.69) is 4.98 Å². The predicted molar refractivity (Wildman–Crippen MR) is 92.5 cm³/mol. The third kappa shape index (κ3) is 3.30. The number of aromatic nitrogens is 2. The number of ether oxygens (including phenoxy) is 1. The first kappa shape index (κ1) is 16.7. The van der Waals surface area contributed by atoms with Crippen LogP contribution in [0.25, 0.3) is 22.2 Å². The van der Waals surface area contributed by atoms with Gasteiger partial charge in [0.05, 0.1) is 24.2 Å². The number of amides is 1. The van der Waals surface area contributed by atoms with Gasteiger partial charge >= 0.3 is 0 Å². The molecule has 1 aromatic carbocycles. The number of nitrogens with zero attached hydrogens (tertiary/aromatic N) is 3. The van der Waals surface area contributed by atoms with E-state index in [0.717, 1.165) is 17.1 Å². The zero-order chi connectivity index (χ0) is 18.1. The highest BCUT2D eigenvalue weighted by Crippen LogP contribution is 2.25. The van der Waals surface area contributed by atoms with Crippen LogP contribution in [-0.4, -0.2) is 46.7 Å². The molecule has 0 atom stereocenters. The van der Waals surface area contributed by atoms with Gasteiger partial charge in [-0.1, -0.05) is 0 Å². The summed E-state index contributed by atoms with van der Waals surface area (Å²) in [5.41, 5.74) is 2.47. The molecule has 0 saturated carbocycles. The van der Waals surface area contributed by atoms with Crippen molar-refractivity contribution in [3.05, 3.63) is 54.4 Å². The Labute approximate surface area is 148 Å². The van der Waals surface area contributed by atoms with E-state index in [4.69, 9.17) is 4.74 Å². The lowest BCUT2D eigenvalue weighted by Crippen LogP contribution is -2.42. The summed E-state index contributed by atoms with van der Waals surface area (Å²) in [5, 5.41) is 0. The third-order valence-electron chi connectivity index (χ3n) is 4.48. The Morgan fingerprint density at radius 1 is 1.08 bits per heavy atom. The quantitative estimate of drug-likeness (QED) is 0.724. The van der Waals surface area contributed by atoms with E-state index >= 15 is 0 Å². The molecule has 4 rings (SSSR count). The number of rotatable bonds is 3. The van der Waals surface area contributed by atoms with Crippen molar-refractivity contribution in [2.75, 3.05) is 26.3 Å². The standard InChI is InChI=1S/C19H17F2N3O2/c20-15-7-13(8-16(21)10-15)14-9-18-17(22-11-14)1-2-24(18)12-19(25)23-3-5-26-6-4-23/h1-2,7-11H,3-6,12H2. The summed E-state index contributed by atoms with van der Waals surface area (Å²) in [5.74, 6) is -1.27. The van der Waals surface area contributed by atoms with E-state index in [1.54, 1.807) is 27.9 Å². The van der Waals surface area contributed by atoms with Crippen molar-refractivity contribution < 1.29 is 18.3 Å². The van der Waals surface area contributed by atoms with E-state index in [1.165, 1.54) is 12.1 Å². The van der Waals surface area contributed by atoms with Crippen LogP contribution in [0.2, 0.25) is 0 Å². The van der Waals surface area contributed by atoms with Gasteiger partial charge in [0.15, 0.2) is 0 Å². The van der Waals surface area contributed by atoms with Gasteiger partial charge in [0, 0.05) is 37.1 Å². The first-order valence-corrected chi connectivity index (χ1v) is 8.37. The fourth-order valence-corrected chi connectivity index (χ4v) is 3.14. The number of morpholine rings is 1. The Hall–Kier alpha value is -2.80. The van der Waals surface area contributed by atoms with Gasteiger partial charge < -0.3 is 14.2 Å². The van der Waals surface area contributed by atoms with Crippen LogP contribution >= 0.6 is 0 Å². The second-order valence-electron chi connectivity index (χ2n) is 6.22. The normalized spacial score (nSPS) is 14.8. The number of hydrogen-bond donors (Lipinski definition) is 0. The maximum atomic E-state index is 13.5. The summed E-state index contributed by atoms with van der Waals surface area (Å²) in [6.07, 6.45) is 3.37. The molecular weight excluding hydrogens is 340 g/mol. The van der Waals surface area contributed by atoms with Crippen molar-refractivity contribution in [2.45, 2.75) is 6.54 Å². The molecule has 1 amide bonds. The van der Waals surface area contributed by atoms with Gasteiger partial charge in [-0.3, -0.25) is 9.78 Å². The Morgan fingerprint density at radius 3 is 2.54 bits per heavy atom. The van der Waals surface area contributed by atoms with Gasteiger partial charge in [-0.25, -0.2) is 8.78 Å². The largest absolute Gasteiger partial charge is 0.378 e. The summed E-state index contributed by atoms with van der Waals surface area (Å²) in [4.78, 5) is 18.6. The first-order valence-electron chi connectivity index (χ1n) is 8.37. The zero-order valence-electron chi connectivity index (χ0n) is 14.0. The van der Waals surface area contributed by atoms with Crippen LogP contribution in [-0.2, 0) is 16.1 Å². The smallest absolute Gasteiger partial charge is 0.242 e. The molecule has 0 radical (unpaired) electrons. The molecule has 3 aromatic rings. The summed E-state index contributed by atoms with van der Waals surface area (Å²) in [7, 11) is 0. The first-order chi connectivity index (χ1) is 12.6. The van der Waals surface area contributed by atoms with Gasteiger partial charge in [0.2, 0.25) is 5.91 Å². The van der Waals surface area contributed by atoms with Crippen molar-refractivity contribution in [3.63, 3.8) is 0 Å². The molecule has 5 nitrogen and oxygen atoms in total. The molecule has 0 spiro atoms. The minimum atomic E-state index is -0.641. The minimum Gasteiger partial charge on any atom is -0.378 e. The number of carbonyl (C=O) groups is 1. The molecule has 26 heavy (non-hydrogen) atoms. The molecule has 3 heterocycles. The van der Waals surface area contributed by atoms with E-state index in [-0.39, 0.29) is 12.5 Å². The number of pyridine rings is 1. The Morgan fingerprint density at radius 2 is 1.81 bits per heavy atom. The molecule has 1 saturated heterocycles. The molecule has 0 unspecified atom stereocenters. The monoisotopic (exact) mass is 357 g/mol. The Kier molecular flexibility index (Phi) is 4.38. The molecule has 0 N–H and O–H groups in total. The number of carbonyl (C=O) groups excluding carboxylic acids is 1. The fourth-order valence-electron chi connectivity index (χ4n) is 3.14. The fraction of sp³-hybridized carbons (Fsp3) is 0.263. The molecule has 1 aliphatic heterocycles. The van der Waals surface area contributed by atoms with E-state index < -0.39 is 11.6 Å². The lowest BCUT2D eigenvalue weighted by molar-refractivity contribution is -0.135. The number of benzene rings is 1. The number of hydrogen-bond acceptors (Lipinski definition) is 3. The van der Waals surface area contributed by atoms with E-state index in [1.807, 2.05) is 6.07 Å². The van der Waals surface area contributed by atoms with Gasteiger partial charge in [-0.05, 0) is 29.8 Å². The SMILES string of the molecule is O=C(Cn1ccc2ncc(-c3cc(F)cc(F)c3)cc21)N1CCOCC1. The van der Waals surface area contributed by atoms with Crippen LogP contribution in [0, 0.1) is 11.6 Å². The van der Waals surface area contributed by atoms with Crippen LogP contribution in [0.1, 0.15) is 0 Å². The highest BCUT2D eigenvalue weighted by atomic mass is 19.1. The second kappa shape index (κ2) is 6.84. The summed E-state index contributed by atoms with van der Waals surface area (Å²) in [6.45, 7) is 2.46. The molecule has 2 aromatic heterocycles. The highest BCUT2D eigenvalue weighted by molar-refractivity contribution is 5.84. The average Bonchev–Trinajstić information content (AvgIpc) is 3.04. The molecule has 7 heteroatoms. The maximum Gasteiger partial charge on any atom is 0.242 e. The van der Waals surface area contributed by atoms with E-state index in [0.29, 0.717) is 37.4 Å². The lowest BCUT2D eigenvalue weighted by atomic mass is 10.1. The molecule has 1 aliphatic rings. The lowest BCUT2D eigenvalue weighted by Gasteiger charge is -2.27. The molecular formula is C19H17F2N3O2. The number of fused-ring (bicyclic) bond motifs is 1. The van der Waals surface area contributed by atoms with Crippen molar-refractivity contribution in [3.8, 4) is 11.1 Å². The Balaban J connectivity index is 1.65. The average molecular weight is 357 g/mol. The number of halogens is 2. The maximum absolute atomic E-state index is 13.5. The third-order valence-corrected chi connectivity index (χ3v) is 4.48. The summed E-state index contributed by atoms with van der Waals surface area (Å²) in [6, 6.07) is 6.97. The minimum absolute atomic E-state index is 0.00741.